The van der Waals surface area contributed by atoms with E-state index in [0.717, 1.165) is 0 Å². The molecule has 2 aromatic rings. The van der Waals surface area contributed by atoms with Crippen LogP contribution in [0.1, 0.15) is 0 Å². The quantitative estimate of drug-likeness (QED) is 0.443. The maximum Gasteiger partial charge on any atom is 0.206 e. The minimum Gasteiger partial charge on any atom is -0.491 e. The lowest BCUT2D eigenvalue weighted by Crippen LogP contribution is -2.21. The molecule has 2 rings (SSSR count). The third-order valence-corrected chi connectivity index (χ3v) is 6.33. The molecule has 3 N–H and O–H groups in total. The predicted molar refractivity (Wildman–Crippen MR) is 109 cm³/mol. The van der Waals surface area contributed by atoms with E-state index in [0.29, 0.717) is 5.75 Å². The Morgan fingerprint density at radius 1 is 0.897 bits per heavy atom. The van der Waals surface area contributed by atoms with Gasteiger partial charge in [0.1, 0.15) is 31.2 Å². The molecule has 2 atom stereocenters. The van der Waals surface area contributed by atoms with Gasteiger partial charge in [-0.1, -0.05) is 23.2 Å². The molecule has 0 aliphatic carbocycles. The summed E-state index contributed by atoms with van der Waals surface area (Å²) >= 11 is 17.7. The molecule has 0 heterocycles. The van der Waals surface area contributed by atoms with Crippen LogP contribution in [0, 0.1) is 0 Å². The highest BCUT2D eigenvalue weighted by Crippen LogP contribution is 2.37. The third kappa shape index (κ3) is 6.36. The molecule has 0 aromatic heterocycles. The van der Waals surface area contributed by atoms with Crippen LogP contribution in [0.4, 0.5) is 0 Å². The largest absolute Gasteiger partial charge is 0.491 e. The molecular formula is C18H19Cl3O7S. The maximum atomic E-state index is 12.9. The summed E-state index contributed by atoms with van der Waals surface area (Å²) in [6, 6.07) is 7.97. The maximum absolute atomic E-state index is 12.9. The number of rotatable bonds is 10. The van der Waals surface area contributed by atoms with Crippen molar-refractivity contribution in [2.24, 2.45) is 0 Å². The first-order chi connectivity index (χ1) is 13.7. The minimum atomic E-state index is -3.93. The van der Waals surface area contributed by atoms with E-state index in [9.17, 15) is 18.6 Å². The van der Waals surface area contributed by atoms with Gasteiger partial charge in [0.15, 0.2) is 5.75 Å². The summed E-state index contributed by atoms with van der Waals surface area (Å²) in [6.07, 6.45) is -1.96. The van der Waals surface area contributed by atoms with Crippen LogP contribution >= 0.6 is 34.8 Å². The summed E-state index contributed by atoms with van der Waals surface area (Å²) in [5.74, 6) is 0.392. The first-order valence-corrected chi connectivity index (χ1v) is 11.1. The van der Waals surface area contributed by atoms with E-state index < -0.39 is 28.7 Å². The average molecular weight is 486 g/mol. The Labute approximate surface area is 183 Å². The van der Waals surface area contributed by atoms with Gasteiger partial charge in [-0.05, 0) is 36.4 Å². The summed E-state index contributed by atoms with van der Waals surface area (Å²) in [4.78, 5) is -0.159. The Kier molecular flexibility index (Phi) is 8.84. The molecule has 0 amide bonds. The smallest absolute Gasteiger partial charge is 0.206 e. The van der Waals surface area contributed by atoms with E-state index in [4.69, 9.17) is 49.4 Å². The molecule has 29 heavy (non-hydrogen) atoms. The van der Waals surface area contributed by atoms with Crippen LogP contribution in [0.3, 0.4) is 0 Å². The van der Waals surface area contributed by atoms with Crippen molar-refractivity contribution in [1.82, 2.24) is 0 Å². The van der Waals surface area contributed by atoms with Gasteiger partial charge in [0.2, 0.25) is 9.84 Å². The molecule has 0 unspecified atom stereocenters. The molecule has 0 fully saturated rings. The summed E-state index contributed by atoms with van der Waals surface area (Å²) in [5.41, 5.74) is 0. The lowest BCUT2D eigenvalue weighted by atomic mass is 10.3. The normalized spacial score (nSPS) is 13.7. The van der Waals surface area contributed by atoms with Crippen molar-refractivity contribution in [3.05, 3.63) is 46.4 Å². The van der Waals surface area contributed by atoms with Crippen LogP contribution in [-0.4, -0.2) is 61.6 Å². The highest BCUT2D eigenvalue weighted by molar-refractivity contribution is 7.91. The molecule has 2 aromatic carbocycles. The van der Waals surface area contributed by atoms with E-state index in [1.54, 1.807) is 0 Å². The summed E-state index contributed by atoms with van der Waals surface area (Å²) in [6.45, 7) is -0.790. The van der Waals surface area contributed by atoms with Gasteiger partial charge >= 0.3 is 0 Å². The Hall–Kier alpha value is -1.26. The van der Waals surface area contributed by atoms with E-state index in [1.165, 1.54) is 36.4 Å². The van der Waals surface area contributed by atoms with Crippen LogP contribution in [0.15, 0.2) is 46.2 Å². The molecule has 0 saturated heterocycles. The van der Waals surface area contributed by atoms with Gasteiger partial charge in [0.25, 0.3) is 0 Å². The van der Waals surface area contributed by atoms with Gasteiger partial charge in [-0.2, -0.15) is 0 Å². The van der Waals surface area contributed by atoms with E-state index in [1.807, 2.05) is 0 Å². The first kappa shape index (κ1) is 24.0. The fraction of sp³-hybridized carbons (Fsp3) is 0.333. The van der Waals surface area contributed by atoms with Crippen molar-refractivity contribution in [2.45, 2.75) is 22.0 Å². The number of hydrogen-bond donors (Lipinski definition) is 3. The van der Waals surface area contributed by atoms with Crippen LogP contribution in [-0.2, 0) is 9.84 Å². The molecule has 7 nitrogen and oxygen atoms in total. The number of aliphatic hydroxyl groups excluding tert-OH is 3. The molecule has 0 aliphatic rings. The Morgan fingerprint density at radius 2 is 1.45 bits per heavy atom. The van der Waals surface area contributed by atoms with Crippen molar-refractivity contribution < 1.29 is 33.2 Å². The predicted octanol–water partition coefficient (Wildman–Crippen LogP) is 2.54. The minimum absolute atomic E-state index is 0.00128. The van der Waals surface area contributed by atoms with Gasteiger partial charge in [-0.25, -0.2) is 8.42 Å². The van der Waals surface area contributed by atoms with Gasteiger partial charge in [-0.3, -0.25) is 0 Å². The van der Waals surface area contributed by atoms with Crippen molar-refractivity contribution in [1.29, 1.82) is 0 Å². The molecular weight excluding hydrogens is 467 g/mol. The number of ether oxygens (including phenoxy) is 2. The van der Waals surface area contributed by atoms with Crippen molar-refractivity contribution in [3.63, 3.8) is 0 Å². The van der Waals surface area contributed by atoms with Gasteiger partial charge in [0.05, 0.1) is 32.3 Å². The zero-order valence-electron chi connectivity index (χ0n) is 15.0. The number of halogens is 3. The van der Waals surface area contributed by atoms with Gasteiger partial charge in [0, 0.05) is 0 Å². The molecule has 0 bridgehead atoms. The number of benzene rings is 2. The molecule has 0 aliphatic heterocycles. The number of alkyl halides is 1. The lowest BCUT2D eigenvalue weighted by Gasteiger charge is -2.14. The number of aliphatic hydroxyl groups is 3. The van der Waals surface area contributed by atoms with Crippen molar-refractivity contribution >= 4 is 44.6 Å². The first-order valence-electron chi connectivity index (χ1n) is 8.31. The SMILES string of the molecule is O=S(=O)(c1ccc(OC[C@@H](O)CCl)cc1)c1cc(Cl)c(OC[C@H](O)CO)c(Cl)c1. The van der Waals surface area contributed by atoms with Crippen LogP contribution in [0.5, 0.6) is 11.5 Å². The highest BCUT2D eigenvalue weighted by atomic mass is 35.5. The lowest BCUT2D eigenvalue weighted by molar-refractivity contribution is 0.0536. The van der Waals surface area contributed by atoms with E-state index in [2.05, 4.69) is 0 Å². The molecule has 11 heteroatoms. The fourth-order valence-corrected chi connectivity index (χ4v) is 4.28. The van der Waals surface area contributed by atoms with Crippen molar-refractivity contribution in [3.8, 4) is 11.5 Å². The van der Waals surface area contributed by atoms with Gasteiger partial charge in [-0.15, -0.1) is 11.6 Å². The summed E-state index contributed by atoms with van der Waals surface area (Å²) in [7, 11) is -3.93. The standard InChI is InChI=1S/C18H19Cl3O7S/c19-7-11(23)9-27-13-1-3-14(4-2-13)29(25,26)15-5-16(20)18(17(21)6-15)28-10-12(24)8-22/h1-6,11-12,22-24H,7-10H2/t11-,12+/m0/s1. The number of hydrogen-bond acceptors (Lipinski definition) is 7. The Morgan fingerprint density at radius 3 is 1.97 bits per heavy atom. The molecule has 0 spiro atoms. The second kappa shape index (κ2) is 10.7. The molecule has 0 radical (unpaired) electrons. The monoisotopic (exact) mass is 484 g/mol. The molecule has 0 saturated carbocycles. The topological polar surface area (TPSA) is 113 Å². The third-order valence-electron chi connectivity index (χ3n) is 3.67. The van der Waals surface area contributed by atoms with Gasteiger partial charge < -0.3 is 24.8 Å². The van der Waals surface area contributed by atoms with Crippen LogP contribution in [0.2, 0.25) is 10.0 Å². The summed E-state index contributed by atoms with van der Waals surface area (Å²) in [5, 5.41) is 27.4. The Bertz CT molecular complexity index is 897. The van der Waals surface area contributed by atoms with Crippen LogP contribution in [0.25, 0.3) is 0 Å². The van der Waals surface area contributed by atoms with Crippen molar-refractivity contribution in [2.75, 3.05) is 25.7 Å². The fourth-order valence-electron chi connectivity index (χ4n) is 2.15. The molecule has 160 valence electrons. The van der Waals surface area contributed by atoms with E-state index >= 15 is 0 Å². The second-order valence-corrected chi connectivity index (χ2v) is 9.03. The number of sulfone groups is 1. The summed E-state index contributed by atoms with van der Waals surface area (Å²) < 4.78 is 36.3. The van der Waals surface area contributed by atoms with Crippen LogP contribution < -0.4 is 9.47 Å². The zero-order chi connectivity index (χ0) is 21.6. The van der Waals surface area contributed by atoms with E-state index in [-0.39, 0.29) is 44.7 Å². The second-order valence-electron chi connectivity index (χ2n) is 5.96. The average Bonchev–Trinajstić information content (AvgIpc) is 2.71. The highest BCUT2D eigenvalue weighted by Gasteiger charge is 2.22. The zero-order valence-corrected chi connectivity index (χ0v) is 18.0. The Balaban J connectivity index is 2.22.